The molecule has 0 saturated carbocycles. The normalized spacial score (nSPS) is 14.1. The van der Waals surface area contributed by atoms with E-state index in [0.717, 1.165) is 18.7 Å². The maximum atomic E-state index is 12.9. The molecule has 0 spiro atoms. The minimum absolute atomic E-state index is 0. The van der Waals surface area contributed by atoms with Gasteiger partial charge in [0.1, 0.15) is 11.5 Å². The lowest BCUT2D eigenvalue weighted by Gasteiger charge is -2.26. The van der Waals surface area contributed by atoms with Gasteiger partial charge in [-0.1, -0.05) is 0 Å². The zero-order valence-electron chi connectivity index (χ0n) is 11.2. The first-order chi connectivity index (χ1) is 9.72. The van der Waals surface area contributed by atoms with Crippen LogP contribution in [-0.2, 0) is 0 Å². The molecule has 0 unspecified atom stereocenters. The summed E-state index contributed by atoms with van der Waals surface area (Å²) in [5, 5.41) is 12.8. The van der Waals surface area contributed by atoms with Crippen molar-refractivity contribution in [2.45, 2.75) is 0 Å². The average molecular weight is 311 g/mol. The van der Waals surface area contributed by atoms with Crippen LogP contribution in [0.2, 0.25) is 0 Å². The molecule has 0 aliphatic carbocycles. The predicted octanol–water partition coefficient (Wildman–Crippen LogP) is 1.59. The first kappa shape index (κ1) is 15.5. The lowest BCUT2D eigenvalue weighted by atomic mass is 10.0. The van der Waals surface area contributed by atoms with Gasteiger partial charge in [-0.05, 0) is 30.3 Å². The predicted molar refractivity (Wildman–Crippen MR) is 79.9 cm³/mol. The van der Waals surface area contributed by atoms with E-state index in [-0.39, 0.29) is 24.1 Å². The highest BCUT2D eigenvalue weighted by atomic mass is 35.5. The Morgan fingerprint density at radius 3 is 2.67 bits per heavy atom. The fourth-order valence-corrected chi connectivity index (χ4v) is 2.03. The van der Waals surface area contributed by atoms with Crippen LogP contribution in [0.1, 0.15) is 10.5 Å². The van der Waals surface area contributed by atoms with Crippen LogP contribution in [0.4, 0.5) is 4.39 Å². The monoisotopic (exact) mass is 310 g/mol. The third kappa shape index (κ3) is 3.59. The topological polar surface area (TPSA) is 69.8 Å². The van der Waals surface area contributed by atoms with Gasteiger partial charge >= 0.3 is 0 Å². The fraction of sp³-hybridized carbons (Fsp3) is 0.286. The Labute approximate surface area is 127 Å². The molecule has 1 amide bonds. The van der Waals surface area contributed by atoms with E-state index in [2.05, 4.69) is 20.8 Å². The molecule has 5 nitrogen and oxygen atoms in total. The number of nitrogens with one attached hydrogen (secondary N) is 3. The Morgan fingerprint density at radius 2 is 2.05 bits per heavy atom. The molecule has 0 atom stereocenters. The Morgan fingerprint density at radius 1 is 1.33 bits per heavy atom. The Hall–Kier alpha value is -1.92. The quantitative estimate of drug-likeness (QED) is 0.803. The third-order valence-electron chi connectivity index (χ3n) is 3.38. The van der Waals surface area contributed by atoms with E-state index >= 15 is 0 Å². The maximum Gasteiger partial charge on any atom is 0.269 e. The molecule has 21 heavy (non-hydrogen) atoms. The van der Waals surface area contributed by atoms with Crippen LogP contribution in [0.3, 0.4) is 0 Å². The molecule has 7 heteroatoms. The molecule has 1 aliphatic heterocycles. The van der Waals surface area contributed by atoms with Crippen molar-refractivity contribution in [1.82, 2.24) is 20.8 Å². The van der Waals surface area contributed by atoms with Gasteiger partial charge in [-0.2, -0.15) is 5.10 Å². The van der Waals surface area contributed by atoms with E-state index in [1.54, 1.807) is 18.2 Å². The van der Waals surface area contributed by atoms with Crippen molar-refractivity contribution < 1.29 is 9.18 Å². The van der Waals surface area contributed by atoms with Crippen molar-refractivity contribution in [3.63, 3.8) is 0 Å². The molecule has 3 N–H and O–H groups in total. The number of carbonyl (C=O) groups excluding carboxylic acids is 1. The second-order valence-electron chi connectivity index (χ2n) is 4.91. The van der Waals surface area contributed by atoms with Crippen molar-refractivity contribution in [3.8, 4) is 11.3 Å². The maximum absolute atomic E-state index is 12.9. The summed E-state index contributed by atoms with van der Waals surface area (Å²) >= 11 is 0. The Kier molecular flexibility index (Phi) is 4.93. The number of benzene rings is 1. The summed E-state index contributed by atoms with van der Waals surface area (Å²) in [7, 11) is 0. The van der Waals surface area contributed by atoms with E-state index in [0.29, 0.717) is 23.9 Å². The number of amides is 1. The van der Waals surface area contributed by atoms with Crippen LogP contribution in [0.25, 0.3) is 11.3 Å². The summed E-state index contributed by atoms with van der Waals surface area (Å²) < 4.78 is 12.9. The molecule has 0 bridgehead atoms. The van der Waals surface area contributed by atoms with Crippen LogP contribution in [0.5, 0.6) is 0 Å². The number of aromatic amines is 1. The number of rotatable bonds is 4. The molecule has 1 aromatic carbocycles. The number of H-pyrrole nitrogens is 1. The zero-order chi connectivity index (χ0) is 13.9. The second kappa shape index (κ2) is 6.69. The van der Waals surface area contributed by atoms with Crippen molar-refractivity contribution >= 4 is 18.3 Å². The molecule has 112 valence electrons. The number of hydrogen-bond acceptors (Lipinski definition) is 3. The number of halogens is 2. The number of carbonyl (C=O) groups is 1. The molecule has 3 rings (SSSR count). The number of nitrogens with zero attached hydrogens (tertiary/aromatic N) is 1. The second-order valence-corrected chi connectivity index (χ2v) is 4.91. The molecular formula is C14H16ClFN4O. The first-order valence-electron chi connectivity index (χ1n) is 6.52. The SMILES string of the molecule is Cl.O=C(NCC1CNC1)c1cc(-c2ccc(F)cc2)n[nH]1. The van der Waals surface area contributed by atoms with Crippen molar-refractivity contribution in [1.29, 1.82) is 0 Å². The van der Waals surface area contributed by atoms with E-state index in [9.17, 15) is 9.18 Å². The highest BCUT2D eigenvalue weighted by molar-refractivity contribution is 5.93. The summed E-state index contributed by atoms with van der Waals surface area (Å²) in [5.74, 6) is 0.0487. The van der Waals surface area contributed by atoms with Gasteiger partial charge in [-0.25, -0.2) is 4.39 Å². The fourth-order valence-electron chi connectivity index (χ4n) is 2.03. The van der Waals surface area contributed by atoms with Gasteiger partial charge in [0, 0.05) is 31.1 Å². The largest absolute Gasteiger partial charge is 0.350 e. The highest BCUT2D eigenvalue weighted by Gasteiger charge is 2.18. The summed E-state index contributed by atoms with van der Waals surface area (Å²) in [6.07, 6.45) is 0. The summed E-state index contributed by atoms with van der Waals surface area (Å²) in [5.41, 5.74) is 1.81. The molecule has 1 aromatic heterocycles. The molecular weight excluding hydrogens is 295 g/mol. The van der Waals surface area contributed by atoms with Crippen molar-refractivity contribution in [2.75, 3.05) is 19.6 Å². The van der Waals surface area contributed by atoms with Crippen LogP contribution in [-0.4, -0.2) is 35.7 Å². The van der Waals surface area contributed by atoms with E-state index in [4.69, 9.17) is 0 Å². The number of hydrogen-bond donors (Lipinski definition) is 3. The van der Waals surface area contributed by atoms with Crippen LogP contribution < -0.4 is 10.6 Å². The smallest absolute Gasteiger partial charge is 0.269 e. The zero-order valence-corrected chi connectivity index (χ0v) is 12.0. The molecule has 2 aromatic rings. The number of aromatic nitrogens is 2. The molecule has 0 radical (unpaired) electrons. The van der Waals surface area contributed by atoms with Gasteiger partial charge in [0.05, 0.1) is 5.69 Å². The average Bonchev–Trinajstić information content (AvgIpc) is 2.87. The van der Waals surface area contributed by atoms with Crippen LogP contribution >= 0.6 is 12.4 Å². The van der Waals surface area contributed by atoms with E-state index in [1.807, 2.05) is 0 Å². The van der Waals surface area contributed by atoms with Gasteiger partial charge in [0.25, 0.3) is 5.91 Å². The molecule has 1 aliphatic rings. The molecule has 2 heterocycles. The van der Waals surface area contributed by atoms with E-state index < -0.39 is 0 Å². The van der Waals surface area contributed by atoms with Gasteiger partial charge in [-0.3, -0.25) is 9.89 Å². The standard InChI is InChI=1S/C14H15FN4O.ClH/c15-11-3-1-10(2-4-11)12-5-13(19-18-12)14(20)17-8-9-6-16-7-9;/h1-5,9,16H,6-8H2,(H,17,20)(H,18,19);1H. The van der Waals surface area contributed by atoms with Crippen molar-refractivity contribution in [2.24, 2.45) is 5.92 Å². The lowest BCUT2D eigenvalue weighted by molar-refractivity contribution is 0.0937. The summed E-state index contributed by atoms with van der Waals surface area (Å²) in [4.78, 5) is 11.9. The highest BCUT2D eigenvalue weighted by Crippen LogP contribution is 2.17. The van der Waals surface area contributed by atoms with Gasteiger partial charge < -0.3 is 10.6 Å². The van der Waals surface area contributed by atoms with Gasteiger partial charge in [0.15, 0.2) is 0 Å². The van der Waals surface area contributed by atoms with Crippen molar-refractivity contribution in [3.05, 3.63) is 41.8 Å². The Bertz CT molecular complexity index is 610. The third-order valence-corrected chi connectivity index (χ3v) is 3.38. The molecule has 1 fully saturated rings. The van der Waals surface area contributed by atoms with Crippen LogP contribution in [0.15, 0.2) is 30.3 Å². The van der Waals surface area contributed by atoms with Gasteiger partial charge in [0.2, 0.25) is 0 Å². The van der Waals surface area contributed by atoms with Crippen LogP contribution in [0, 0.1) is 11.7 Å². The van der Waals surface area contributed by atoms with E-state index in [1.165, 1.54) is 12.1 Å². The Balaban J connectivity index is 0.00000161. The summed E-state index contributed by atoms with van der Waals surface area (Å²) in [6.45, 7) is 2.56. The minimum Gasteiger partial charge on any atom is -0.350 e. The summed E-state index contributed by atoms with van der Waals surface area (Å²) in [6, 6.07) is 7.67. The first-order valence-corrected chi connectivity index (χ1v) is 6.52. The van der Waals surface area contributed by atoms with Gasteiger partial charge in [-0.15, -0.1) is 12.4 Å². The lowest BCUT2D eigenvalue weighted by Crippen LogP contribution is -2.48. The minimum atomic E-state index is -0.295. The molecule has 1 saturated heterocycles.